The number of carbonyl (C=O) groups excluding carboxylic acids is 1. The Morgan fingerprint density at radius 3 is 2.77 bits per heavy atom. The molecular formula is C10H12O2S. The average molecular weight is 196 g/mol. The van der Waals surface area contributed by atoms with Crippen LogP contribution in [0.2, 0.25) is 0 Å². The number of hydrogen-bond donors (Lipinski definition) is 1. The van der Waals surface area contributed by atoms with E-state index in [9.17, 15) is 9.90 Å². The SMILES string of the molecule is CSc1c(O)cccc1CC(C)=O. The second kappa shape index (κ2) is 4.33. The molecule has 0 spiro atoms. The third-order valence-electron chi connectivity index (χ3n) is 1.72. The molecule has 0 aliphatic heterocycles. The molecule has 0 amide bonds. The molecule has 0 bridgehead atoms. The fraction of sp³-hybridized carbons (Fsp3) is 0.300. The van der Waals surface area contributed by atoms with Crippen molar-refractivity contribution in [3.05, 3.63) is 23.8 Å². The molecule has 0 unspecified atom stereocenters. The zero-order chi connectivity index (χ0) is 9.84. The van der Waals surface area contributed by atoms with Crippen molar-refractivity contribution in [2.75, 3.05) is 6.26 Å². The highest BCUT2D eigenvalue weighted by atomic mass is 32.2. The van der Waals surface area contributed by atoms with Gasteiger partial charge < -0.3 is 5.11 Å². The molecule has 3 heteroatoms. The summed E-state index contributed by atoms with van der Waals surface area (Å²) in [6, 6.07) is 5.26. The van der Waals surface area contributed by atoms with E-state index < -0.39 is 0 Å². The average Bonchev–Trinajstić information content (AvgIpc) is 2.03. The highest BCUT2D eigenvalue weighted by molar-refractivity contribution is 7.98. The van der Waals surface area contributed by atoms with Crippen LogP contribution < -0.4 is 0 Å². The molecule has 13 heavy (non-hydrogen) atoms. The van der Waals surface area contributed by atoms with Crippen LogP contribution in [0.4, 0.5) is 0 Å². The van der Waals surface area contributed by atoms with E-state index in [1.165, 1.54) is 11.8 Å². The van der Waals surface area contributed by atoms with E-state index in [0.717, 1.165) is 10.5 Å². The summed E-state index contributed by atoms with van der Waals surface area (Å²) in [4.78, 5) is 11.7. The molecule has 0 aliphatic rings. The number of thioether (sulfide) groups is 1. The van der Waals surface area contributed by atoms with E-state index >= 15 is 0 Å². The minimum atomic E-state index is 0.112. The normalized spacial score (nSPS) is 10.0. The highest BCUT2D eigenvalue weighted by Crippen LogP contribution is 2.30. The summed E-state index contributed by atoms with van der Waals surface area (Å²) in [5, 5.41) is 9.47. The van der Waals surface area contributed by atoms with Crippen molar-refractivity contribution in [1.29, 1.82) is 0 Å². The molecular weight excluding hydrogens is 184 g/mol. The first kappa shape index (κ1) is 10.1. The minimum Gasteiger partial charge on any atom is -0.507 e. The standard InChI is InChI=1S/C10H12O2S/c1-7(11)6-8-4-3-5-9(12)10(8)13-2/h3-5,12H,6H2,1-2H3. The number of hydrogen-bond acceptors (Lipinski definition) is 3. The highest BCUT2D eigenvalue weighted by Gasteiger charge is 2.07. The van der Waals surface area contributed by atoms with Crippen LogP contribution in [0.1, 0.15) is 12.5 Å². The van der Waals surface area contributed by atoms with E-state index in [-0.39, 0.29) is 11.5 Å². The topological polar surface area (TPSA) is 37.3 Å². The van der Waals surface area contributed by atoms with E-state index in [1.807, 2.05) is 12.3 Å². The largest absolute Gasteiger partial charge is 0.507 e. The van der Waals surface area contributed by atoms with Crippen molar-refractivity contribution in [3.8, 4) is 5.75 Å². The van der Waals surface area contributed by atoms with Crippen molar-refractivity contribution in [1.82, 2.24) is 0 Å². The maximum absolute atomic E-state index is 10.9. The van der Waals surface area contributed by atoms with E-state index in [4.69, 9.17) is 0 Å². The molecule has 0 aliphatic carbocycles. The lowest BCUT2D eigenvalue weighted by molar-refractivity contribution is -0.116. The van der Waals surface area contributed by atoms with Crippen molar-refractivity contribution in [3.63, 3.8) is 0 Å². The van der Waals surface area contributed by atoms with Gasteiger partial charge in [-0.3, -0.25) is 4.79 Å². The third kappa shape index (κ3) is 2.49. The molecule has 0 aromatic heterocycles. The number of carbonyl (C=O) groups is 1. The number of phenolic OH excluding ortho intramolecular Hbond substituents is 1. The van der Waals surface area contributed by atoms with Crippen molar-refractivity contribution < 1.29 is 9.90 Å². The van der Waals surface area contributed by atoms with Crippen LogP contribution in [-0.4, -0.2) is 17.1 Å². The summed E-state index contributed by atoms with van der Waals surface area (Å²) < 4.78 is 0. The molecule has 2 nitrogen and oxygen atoms in total. The molecule has 70 valence electrons. The smallest absolute Gasteiger partial charge is 0.134 e. The summed E-state index contributed by atoms with van der Waals surface area (Å²) in [6.45, 7) is 1.55. The molecule has 0 saturated carbocycles. The number of phenols is 1. The quantitative estimate of drug-likeness (QED) is 0.753. The molecule has 0 radical (unpaired) electrons. The van der Waals surface area contributed by atoms with Gasteiger partial charge >= 0.3 is 0 Å². The molecule has 1 aromatic carbocycles. The monoisotopic (exact) mass is 196 g/mol. The summed E-state index contributed by atoms with van der Waals surface area (Å²) >= 11 is 1.46. The number of Topliss-reactive ketones (excluding diaryl/α,β-unsaturated/α-hetero) is 1. The van der Waals surface area contributed by atoms with E-state index in [0.29, 0.717) is 6.42 Å². The molecule has 0 fully saturated rings. The Hall–Kier alpha value is -0.960. The van der Waals surface area contributed by atoms with Gasteiger partial charge in [0.25, 0.3) is 0 Å². The third-order valence-corrected chi connectivity index (χ3v) is 2.60. The maximum Gasteiger partial charge on any atom is 0.134 e. The molecule has 0 saturated heterocycles. The molecule has 1 N–H and O–H groups in total. The van der Waals surface area contributed by atoms with Crippen LogP contribution in [0.5, 0.6) is 5.75 Å². The Kier molecular flexibility index (Phi) is 3.37. The van der Waals surface area contributed by atoms with Crippen molar-refractivity contribution in [2.24, 2.45) is 0 Å². The lowest BCUT2D eigenvalue weighted by atomic mass is 10.1. The van der Waals surface area contributed by atoms with Gasteiger partial charge in [-0.25, -0.2) is 0 Å². The van der Waals surface area contributed by atoms with Gasteiger partial charge in [-0.2, -0.15) is 0 Å². The van der Waals surface area contributed by atoms with Gasteiger partial charge in [0.15, 0.2) is 0 Å². The number of benzene rings is 1. The molecule has 1 aromatic rings. The van der Waals surface area contributed by atoms with Crippen LogP contribution in [-0.2, 0) is 11.2 Å². The first-order valence-electron chi connectivity index (χ1n) is 3.99. The van der Waals surface area contributed by atoms with Gasteiger partial charge in [-0.15, -0.1) is 11.8 Å². The van der Waals surface area contributed by atoms with Crippen LogP contribution in [0.3, 0.4) is 0 Å². The fourth-order valence-electron chi connectivity index (χ4n) is 1.21. The van der Waals surface area contributed by atoms with Crippen molar-refractivity contribution >= 4 is 17.5 Å². The van der Waals surface area contributed by atoms with Gasteiger partial charge in [0.05, 0.1) is 4.90 Å². The Labute approximate surface area is 82.0 Å². The van der Waals surface area contributed by atoms with Crippen LogP contribution in [0.25, 0.3) is 0 Å². The summed E-state index contributed by atoms with van der Waals surface area (Å²) in [7, 11) is 0. The first-order valence-corrected chi connectivity index (χ1v) is 5.22. The predicted molar refractivity (Wildman–Crippen MR) is 54.3 cm³/mol. The Bertz CT molecular complexity index is 321. The lowest BCUT2D eigenvalue weighted by Gasteiger charge is -2.06. The van der Waals surface area contributed by atoms with Crippen molar-refractivity contribution in [2.45, 2.75) is 18.2 Å². The van der Waals surface area contributed by atoms with E-state index in [2.05, 4.69) is 0 Å². The Balaban J connectivity index is 3.05. The Morgan fingerprint density at radius 2 is 2.23 bits per heavy atom. The molecule has 0 heterocycles. The first-order chi connectivity index (χ1) is 6.15. The predicted octanol–water partition coefficient (Wildman–Crippen LogP) is 2.25. The van der Waals surface area contributed by atoms with E-state index in [1.54, 1.807) is 19.1 Å². The number of aromatic hydroxyl groups is 1. The summed E-state index contributed by atoms with van der Waals surface area (Å²) in [5.74, 6) is 0.368. The zero-order valence-corrected chi connectivity index (χ0v) is 8.52. The van der Waals surface area contributed by atoms with Crippen LogP contribution in [0, 0.1) is 0 Å². The summed E-state index contributed by atoms with van der Waals surface area (Å²) in [5.41, 5.74) is 0.903. The minimum absolute atomic E-state index is 0.112. The van der Waals surface area contributed by atoms with Gasteiger partial charge in [0, 0.05) is 6.42 Å². The second-order valence-electron chi connectivity index (χ2n) is 2.85. The van der Waals surface area contributed by atoms with Gasteiger partial charge in [-0.1, -0.05) is 12.1 Å². The zero-order valence-electron chi connectivity index (χ0n) is 7.70. The lowest BCUT2D eigenvalue weighted by Crippen LogP contribution is -1.97. The summed E-state index contributed by atoms with van der Waals surface area (Å²) in [6.07, 6.45) is 2.28. The fourth-order valence-corrected chi connectivity index (χ4v) is 1.89. The maximum atomic E-state index is 10.9. The van der Waals surface area contributed by atoms with Crippen LogP contribution in [0.15, 0.2) is 23.1 Å². The van der Waals surface area contributed by atoms with Gasteiger partial charge in [0.2, 0.25) is 0 Å². The number of ketones is 1. The van der Waals surface area contributed by atoms with Gasteiger partial charge in [-0.05, 0) is 24.8 Å². The number of rotatable bonds is 3. The molecule has 0 atom stereocenters. The Morgan fingerprint density at radius 1 is 1.54 bits per heavy atom. The second-order valence-corrected chi connectivity index (χ2v) is 3.66. The molecule has 1 rings (SSSR count). The van der Waals surface area contributed by atoms with Crippen LogP contribution >= 0.6 is 11.8 Å². The van der Waals surface area contributed by atoms with Gasteiger partial charge in [0.1, 0.15) is 11.5 Å².